The zero-order valence-corrected chi connectivity index (χ0v) is 20.2. The highest BCUT2D eigenvalue weighted by atomic mass is 127. The van der Waals surface area contributed by atoms with Gasteiger partial charge in [-0.1, -0.05) is 36.4 Å². The van der Waals surface area contributed by atoms with Crippen LogP contribution in [0.2, 0.25) is 0 Å². The molecule has 1 saturated heterocycles. The van der Waals surface area contributed by atoms with Gasteiger partial charge in [-0.05, 0) is 75.8 Å². The number of sulfonamides is 1. The Labute approximate surface area is 201 Å². The largest absolute Gasteiger partial charge is 0.352 e. The van der Waals surface area contributed by atoms with Crippen LogP contribution in [0.4, 0.5) is 5.82 Å². The van der Waals surface area contributed by atoms with Crippen LogP contribution in [-0.4, -0.2) is 49.1 Å². The molecule has 5 rings (SSSR count). The number of aromatic nitrogens is 2. The van der Waals surface area contributed by atoms with Crippen molar-refractivity contribution in [2.45, 2.75) is 4.90 Å². The molecule has 0 saturated carbocycles. The predicted molar refractivity (Wildman–Crippen MR) is 135 cm³/mol. The van der Waals surface area contributed by atoms with Crippen LogP contribution in [0.15, 0.2) is 83.8 Å². The third kappa shape index (κ3) is 4.22. The predicted octanol–water partition coefficient (Wildman–Crippen LogP) is 4.41. The number of hydrogen-bond donors (Lipinski definition) is 0. The first kappa shape index (κ1) is 21.3. The summed E-state index contributed by atoms with van der Waals surface area (Å²) >= 11 is 2.17. The van der Waals surface area contributed by atoms with Crippen LogP contribution in [0.5, 0.6) is 0 Å². The fraction of sp³-hybridized carbons (Fsp3) is 0.167. The lowest BCUT2D eigenvalue weighted by molar-refractivity contribution is 0.383. The molecule has 162 valence electrons. The molecule has 1 fully saturated rings. The molecule has 0 N–H and O–H groups in total. The quantitative estimate of drug-likeness (QED) is 0.349. The molecule has 8 heteroatoms. The van der Waals surface area contributed by atoms with Gasteiger partial charge in [-0.2, -0.15) is 4.31 Å². The zero-order chi connectivity index (χ0) is 22.1. The summed E-state index contributed by atoms with van der Waals surface area (Å²) in [5.41, 5.74) is 1.84. The molecular weight excluding hydrogens is 535 g/mol. The van der Waals surface area contributed by atoms with Crippen LogP contribution < -0.4 is 4.90 Å². The molecule has 32 heavy (non-hydrogen) atoms. The molecule has 0 radical (unpaired) electrons. The maximum absolute atomic E-state index is 12.9. The van der Waals surface area contributed by atoms with Crippen molar-refractivity contribution in [1.29, 1.82) is 0 Å². The fourth-order valence-electron chi connectivity index (χ4n) is 3.91. The van der Waals surface area contributed by atoms with Crippen LogP contribution in [0.1, 0.15) is 0 Å². The van der Waals surface area contributed by atoms with Gasteiger partial charge in [0.25, 0.3) is 0 Å². The van der Waals surface area contributed by atoms with Crippen LogP contribution in [0.25, 0.3) is 22.0 Å². The van der Waals surface area contributed by atoms with Gasteiger partial charge in [-0.15, -0.1) is 10.2 Å². The van der Waals surface area contributed by atoms with Crippen molar-refractivity contribution in [2.24, 2.45) is 0 Å². The topological polar surface area (TPSA) is 66.4 Å². The maximum atomic E-state index is 12.9. The van der Waals surface area contributed by atoms with E-state index in [1.54, 1.807) is 16.4 Å². The number of piperazine rings is 1. The van der Waals surface area contributed by atoms with Crippen molar-refractivity contribution in [1.82, 2.24) is 14.5 Å². The van der Waals surface area contributed by atoms with E-state index in [0.717, 1.165) is 20.6 Å². The molecule has 1 aliphatic rings. The zero-order valence-electron chi connectivity index (χ0n) is 17.2. The van der Waals surface area contributed by atoms with Crippen molar-refractivity contribution in [3.05, 3.63) is 82.4 Å². The number of anilines is 1. The summed E-state index contributed by atoms with van der Waals surface area (Å²) in [5, 5.41) is 11.2. The van der Waals surface area contributed by atoms with E-state index in [1.165, 1.54) is 10.8 Å². The van der Waals surface area contributed by atoms with Crippen LogP contribution in [0.3, 0.4) is 0 Å². The van der Waals surface area contributed by atoms with Crippen LogP contribution in [0, 0.1) is 3.57 Å². The Morgan fingerprint density at radius 2 is 1.47 bits per heavy atom. The minimum atomic E-state index is -3.48. The number of rotatable bonds is 4. The van der Waals surface area contributed by atoms with E-state index in [4.69, 9.17) is 0 Å². The lowest BCUT2D eigenvalue weighted by atomic mass is 10.1. The summed E-state index contributed by atoms with van der Waals surface area (Å²) in [6, 6.07) is 25.4. The van der Waals surface area contributed by atoms with Gasteiger partial charge in [0.2, 0.25) is 10.0 Å². The summed E-state index contributed by atoms with van der Waals surface area (Å²) in [5.74, 6) is 0.765. The average molecular weight is 556 g/mol. The molecule has 2 heterocycles. The van der Waals surface area contributed by atoms with Gasteiger partial charge in [0, 0.05) is 35.3 Å². The first-order valence-corrected chi connectivity index (χ1v) is 12.9. The van der Waals surface area contributed by atoms with E-state index in [9.17, 15) is 8.42 Å². The average Bonchev–Trinajstić information content (AvgIpc) is 2.84. The van der Waals surface area contributed by atoms with E-state index in [0.29, 0.717) is 31.1 Å². The minimum Gasteiger partial charge on any atom is -0.352 e. The second-order valence-corrected chi connectivity index (χ2v) is 10.9. The molecule has 0 atom stereocenters. The molecule has 3 aromatic carbocycles. The number of hydrogen-bond acceptors (Lipinski definition) is 5. The number of benzene rings is 3. The Balaban J connectivity index is 1.28. The second kappa shape index (κ2) is 8.76. The molecule has 4 aromatic rings. The monoisotopic (exact) mass is 556 g/mol. The number of nitrogens with zero attached hydrogens (tertiary/aromatic N) is 4. The highest BCUT2D eigenvalue weighted by molar-refractivity contribution is 14.1. The lowest BCUT2D eigenvalue weighted by Gasteiger charge is -2.34. The fourth-order valence-corrected chi connectivity index (χ4v) is 5.69. The van der Waals surface area contributed by atoms with Crippen LogP contribution >= 0.6 is 22.6 Å². The summed E-state index contributed by atoms with van der Waals surface area (Å²) < 4.78 is 28.4. The Bertz CT molecular complexity index is 1350. The highest BCUT2D eigenvalue weighted by Crippen LogP contribution is 2.25. The van der Waals surface area contributed by atoms with Gasteiger partial charge >= 0.3 is 0 Å². The van der Waals surface area contributed by atoms with Gasteiger partial charge in [0.15, 0.2) is 5.82 Å². The Morgan fingerprint density at radius 3 is 2.16 bits per heavy atom. The molecule has 1 aromatic heterocycles. The van der Waals surface area contributed by atoms with Gasteiger partial charge in [0.1, 0.15) is 0 Å². The minimum absolute atomic E-state index is 0.339. The van der Waals surface area contributed by atoms with Crippen molar-refractivity contribution in [3.8, 4) is 11.3 Å². The summed E-state index contributed by atoms with van der Waals surface area (Å²) in [7, 11) is -3.48. The van der Waals surface area contributed by atoms with Gasteiger partial charge in [-0.25, -0.2) is 8.42 Å². The normalized spacial score (nSPS) is 15.2. The van der Waals surface area contributed by atoms with Crippen molar-refractivity contribution in [3.63, 3.8) is 0 Å². The SMILES string of the molecule is O=S(=O)(c1ccc(I)cc1)N1CCN(c2ccc(-c3ccc4ccccc4c3)nn2)CC1. The lowest BCUT2D eigenvalue weighted by Crippen LogP contribution is -2.49. The first-order chi connectivity index (χ1) is 15.5. The number of halogens is 1. The smallest absolute Gasteiger partial charge is 0.243 e. The standard InChI is InChI=1S/C24H21IN4O2S/c25-21-7-9-22(10-8-21)32(30,31)29-15-13-28(14-16-29)24-12-11-23(26-27-24)20-6-5-18-3-1-2-4-19(18)17-20/h1-12,17H,13-16H2. The Hall–Kier alpha value is -2.56. The molecule has 0 amide bonds. The summed E-state index contributed by atoms with van der Waals surface area (Å²) in [6.45, 7) is 1.99. The maximum Gasteiger partial charge on any atom is 0.243 e. The van der Waals surface area contributed by atoms with E-state index in [1.807, 2.05) is 36.4 Å². The molecule has 0 aliphatic carbocycles. The second-order valence-electron chi connectivity index (χ2n) is 7.68. The third-order valence-corrected chi connectivity index (χ3v) is 8.34. The molecule has 6 nitrogen and oxygen atoms in total. The number of fused-ring (bicyclic) bond motifs is 1. The van der Waals surface area contributed by atoms with Crippen molar-refractivity contribution >= 4 is 49.2 Å². The van der Waals surface area contributed by atoms with Gasteiger partial charge in [0.05, 0.1) is 10.6 Å². The van der Waals surface area contributed by atoms with E-state index in [2.05, 4.69) is 68.0 Å². The third-order valence-electron chi connectivity index (χ3n) is 5.71. The van der Waals surface area contributed by atoms with Crippen LogP contribution in [-0.2, 0) is 10.0 Å². The Kier molecular flexibility index (Phi) is 5.83. The summed E-state index contributed by atoms with van der Waals surface area (Å²) in [4.78, 5) is 2.42. The first-order valence-electron chi connectivity index (χ1n) is 10.3. The molecule has 1 aliphatic heterocycles. The van der Waals surface area contributed by atoms with E-state index < -0.39 is 10.0 Å². The van der Waals surface area contributed by atoms with Crippen molar-refractivity contribution in [2.75, 3.05) is 31.1 Å². The van der Waals surface area contributed by atoms with Gasteiger partial charge in [-0.3, -0.25) is 0 Å². The molecule has 0 spiro atoms. The van der Waals surface area contributed by atoms with E-state index >= 15 is 0 Å². The molecule has 0 bridgehead atoms. The molecule has 0 unspecified atom stereocenters. The van der Waals surface area contributed by atoms with Gasteiger partial charge < -0.3 is 4.90 Å². The molecular formula is C24H21IN4O2S. The van der Waals surface area contributed by atoms with E-state index in [-0.39, 0.29) is 0 Å². The Morgan fingerprint density at radius 1 is 0.750 bits per heavy atom. The highest BCUT2D eigenvalue weighted by Gasteiger charge is 2.29. The van der Waals surface area contributed by atoms with Crippen molar-refractivity contribution < 1.29 is 8.42 Å². The summed E-state index contributed by atoms with van der Waals surface area (Å²) in [6.07, 6.45) is 0.